The fourth-order valence-electron chi connectivity index (χ4n) is 3.99. The molecule has 33 heavy (non-hydrogen) atoms. The molecule has 1 aliphatic rings. The van der Waals surface area contributed by atoms with E-state index in [-0.39, 0.29) is 23.4 Å². The Bertz CT molecular complexity index is 849. The van der Waals surface area contributed by atoms with Crippen LogP contribution in [0.25, 0.3) is 0 Å². The molecule has 0 aromatic heterocycles. The zero-order valence-electron chi connectivity index (χ0n) is 19.9. The smallest absolute Gasteiger partial charge is 0.328 e. The predicted molar refractivity (Wildman–Crippen MR) is 127 cm³/mol. The molecule has 2 atom stereocenters. The normalized spacial score (nSPS) is 16.5. The van der Waals surface area contributed by atoms with E-state index in [9.17, 15) is 19.2 Å². The zero-order chi connectivity index (χ0) is 24.6. The van der Waals surface area contributed by atoms with E-state index in [1.54, 1.807) is 19.2 Å². The Kier molecular flexibility index (Phi) is 9.76. The van der Waals surface area contributed by atoms with Crippen LogP contribution >= 0.6 is 11.8 Å². The number of carbonyl (C=O) groups is 4. The number of esters is 1. The average Bonchev–Trinajstić information content (AvgIpc) is 3.26. The lowest BCUT2D eigenvalue weighted by Crippen LogP contribution is -2.61. The molecule has 0 radical (unpaired) electrons. The Morgan fingerprint density at radius 1 is 1.06 bits per heavy atom. The number of carbonyl (C=O) groups excluding carboxylic acids is 4. The molecule has 2 N–H and O–H groups in total. The molecule has 1 fully saturated rings. The number of methoxy groups -OCH3 is 2. The van der Waals surface area contributed by atoms with Crippen molar-refractivity contribution in [3.63, 3.8) is 0 Å². The molecule has 9 heteroatoms. The minimum atomic E-state index is -1.12. The Labute approximate surface area is 199 Å². The molecule has 0 saturated heterocycles. The highest BCUT2D eigenvalue weighted by molar-refractivity contribution is 8.14. The van der Waals surface area contributed by atoms with Crippen molar-refractivity contribution in [1.82, 2.24) is 10.6 Å². The zero-order valence-corrected chi connectivity index (χ0v) is 20.8. The van der Waals surface area contributed by atoms with E-state index in [1.165, 1.54) is 14.0 Å². The molecule has 1 aliphatic carbocycles. The van der Waals surface area contributed by atoms with Crippen molar-refractivity contribution in [2.24, 2.45) is 5.92 Å². The molecule has 0 aliphatic heterocycles. The van der Waals surface area contributed by atoms with Crippen molar-refractivity contribution in [1.29, 1.82) is 0 Å². The van der Waals surface area contributed by atoms with Gasteiger partial charge in [-0.3, -0.25) is 14.4 Å². The van der Waals surface area contributed by atoms with E-state index in [1.807, 2.05) is 26.0 Å². The quantitative estimate of drug-likeness (QED) is 0.497. The van der Waals surface area contributed by atoms with Gasteiger partial charge in [0.05, 0.1) is 19.5 Å². The van der Waals surface area contributed by atoms with Gasteiger partial charge in [0, 0.05) is 13.3 Å². The summed E-state index contributed by atoms with van der Waals surface area (Å²) < 4.78 is 10.1. The Balaban J connectivity index is 2.20. The van der Waals surface area contributed by atoms with Crippen LogP contribution in [0.5, 0.6) is 5.75 Å². The number of amides is 2. The Hall–Kier alpha value is -2.55. The van der Waals surface area contributed by atoms with Gasteiger partial charge in [0.1, 0.15) is 17.3 Å². The van der Waals surface area contributed by atoms with E-state index < -0.39 is 28.7 Å². The third-order valence-electron chi connectivity index (χ3n) is 5.80. The minimum absolute atomic E-state index is 0.0849. The highest BCUT2D eigenvalue weighted by atomic mass is 32.2. The van der Waals surface area contributed by atoms with Crippen molar-refractivity contribution >= 4 is 34.7 Å². The van der Waals surface area contributed by atoms with Gasteiger partial charge in [0.2, 0.25) is 11.8 Å². The van der Waals surface area contributed by atoms with Crippen LogP contribution in [0.1, 0.15) is 52.0 Å². The van der Waals surface area contributed by atoms with Gasteiger partial charge in [0.25, 0.3) is 0 Å². The van der Waals surface area contributed by atoms with Crippen LogP contribution in [0.4, 0.5) is 0 Å². The summed E-state index contributed by atoms with van der Waals surface area (Å²) in [5.74, 6) is -0.711. The lowest BCUT2D eigenvalue weighted by molar-refractivity contribution is -0.146. The topological polar surface area (TPSA) is 111 Å². The molecule has 2 amide bonds. The van der Waals surface area contributed by atoms with E-state index in [2.05, 4.69) is 10.6 Å². The highest BCUT2D eigenvalue weighted by Crippen LogP contribution is 2.32. The molecule has 1 aromatic rings. The fraction of sp³-hybridized carbons (Fsp3) is 0.583. The monoisotopic (exact) mass is 478 g/mol. The lowest BCUT2D eigenvalue weighted by atomic mass is 9.94. The third kappa shape index (κ3) is 7.22. The average molecular weight is 479 g/mol. The summed E-state index contributed by atoms with van der Waals surface area (Å²) in [7, 11) is 2.84. The SMILES string of the molecule is COC(=O)[C@H](Cc1ccc(OC)cc1)NC(=O)C1(NC(=O)[C@@H](SC(C)=O)C(C)C)CCCC1. The first-order valence-corrected chi connectivity index (χ1v) is 12.0. The molecule has 0 spiro atoms. The maximum Gasteiger partial charge on any atom is 0.328 e. The lowest BCUT2D eigenvalue weighted by Gasteiger charge is -2.32. The summed E-state index contributed by atoms with van der Waals surface area (Å²) in [5, 5.41) is 4.99. The van der Waals surface area contributed by atoms with Crippen molar-refractivity contribution in [3.05, 3.63) is 29.8 Å². The van der Waals surface area contributed by atoms with Crippen LogP contribution < -0.4 is 15.4 Å². The van der Waals surface area contributed by atoms with Crippen molar-refractivity contribution in [2.75, 3.05) is 14.2 Å². The van der Waals surface area contributed by atoms with Gasteiger partial charge in [-0.05, 0) is 36.5 Å². The van der Waals surface area contributed by atoms with E-state index in [0.717, 1.165) is 30.2 Å². The van der Waals surface area contributed by atoms with Gasteiger partial charge in [-0.25, -0.2) is 4.79 Å². The second-order valence-corrected chi connectivity index (χ2v) is 9.97. The molecule has 8 nitrogen and oxygen atoms in total. The summed E-state index contributed by atoms with van der Waals surface area (Å²) in [5.41, 5.74) is -0.290. The van der Waals surface area contributed by atoms with Gasteiger partial charge in [-0.2, -0.15) is 0 Å². The largest absolute Gasteiger partial charge is 0.497 e. The maximum atomic E-state index is 13.4. The number of thioether (sulfide) groups is 1. The summed E-state index contributed by atoms with van der Waals surface area (Å²) in [4.78, 5) is 50.5. The van der Waals surface area contributed by atoms with Crippen LogP contribution in [0.3, 0.4) is 0 Å². The van der Waals surface area contributed by atoms with Crippen molar-refractivity contribution in [3.8, 4) is 5.75 Å². The van der Waals surface area contributed by atoms with Gasteiger partial charge in [-0.1, -0.05) is 50.6 Å². The first-order valence-electron chi connectivity index (χ1n) is 11.1. The minimum Gasteiger partial charge on any atom is -0.497 e. The van der Waals surface area contributed by atoms with Crippen LogP contribution in [0.15, 0.2) is 24.3 Å². The number of rotatable bonds is 10. The summed E-state index contributed by atoms with van der Waals surface area (Å²) >= 11 is 0.970. The number of ether oxygens (including phenoxy) is 2. The molecule has 2 rings (SSSR count). The van der Waals surface area contributed by atoms with Gasteiger partial charge >= 0.3 is 5.97 Å². The fourth-order valence-corrected chi connectivity index (χ4v) is 4.79. The van der Waals surface area contributed by atoms with Crippen LogP contribution in [-0.4, -0.2) is 53.9 Å². The van der Waals surface area contributed by atoms with Crippen LogP contribution in [0.2, 0.25) is 0 Å². The summed E-state index contributed by atoms with van der Waals surface area (Å²) in [6, 6.07) is 6.30. The van der Waals surface area contributed by atoms with E-state index in [4.69, 9.17) is 9.47 Å². The van der Waals surface area contributed by atoms with Crippen LogP contribution in [0, 0.1) is 5.92 Å². The van der Waals surface area contributed by atoms with Crippen LogP contribution in [-0.2, 0) is 30.3 Å². The number of hydrogen-bond donors (Lipinski definition) is 2. The van der Waals surface area contributed by atoms with Gasteiger partial charge in [-0.15, -0.1) is 0 Å². The standard InChI is InChI=1S/C24H34N2O6S/c1-15(2)20(33-16(3)27)21(28)26-24(12-6-7-13-24)23(30)25-19(22(29)32-5)14-17-8-10-18(31-4)11-9-17/h8-11,15,19-20H,6-7,12-14H2,1-5H3,(H,25,30)(H,26,28)/t19-,20-/m0/s1. The predicted octanol–water partition coefficient (Wildman–Crippen LogP) is 2.63. The van der Waals surface area contributed by atoms with E-state index in [0.29, 0.717) is 18.6 Å². The molecule has 1 saturated carbocycles. The summed E-state index contributed by atoms with van der Waals surface area (Å²) in [6.45, 7) is 5.15. The number of benzene rings is 1. The molecular weight excluding hydrogens is 444 g/mol. The molecule has 182 valence electrons. The first kappa shape index (κ1) is 26.7. The first-order chi connectivity index (χ1) is 15.6. The van der Waals surface area contributed by atoms with Gasteiger partial charge in [0.15, 0.2) is 5.12 Å². The number of nitrogens with one attached hydrogen (secondary N) is 2. The summed E-state index contributed by atoms with van der Waals surface area (Å²) in [6.07, 6.45) is 2.73. The molecular formula is C24H34N2O6S. The second-order valence-electron chi connectivity index (χ2n) is 8.65. The Morgan fingerprint density at radius 3 is 2.15 bits per heavy atom. The number of hydrogen-bond acceptors (Lipinski definition) is 7. The molecule has 1 aromatic carbocycles. The highest BCUT2D eigenvalue weighted by Gasteiger charge is 2.45. The Morgan fingerprint density at radius 2 is 1.67 bits per heavy atom. The molecule has 0 heterocycles. The van der Waals surface area contributed by atoms with Gasteiger partial charge < -0.3 is 20.1 Å². The second kappa shape index (κ2) is 12.1. The van der Waals surface area contributed by atoms with E-state index >= 15 is 0 Å². The van der Waals surface area contributed by atoms with Crippen molar-refractivity contribution in [2.45, 2.75) is 69.7 Å². The van der Waals surface area contributed by atoms with Crippen molar-refractivity contribution < 1.29 is 28.7 Å². The third-order valence-corrected chi connectivity index (χ3v) is 7.15. The molecule has 0 bridgehead atoms. The molecule has 0 unspecified atom stereocenters. The maximum absolute atomic E-state index is 13.4.